The van der Waals surface area contributed by atoms with Gasteiger partial charge in [-0.3, -0.25) is 5.10 Å². The molecule has 0 spiro atoms. The van der Waals surface area contributed by atoms with Crippen LogP contribution in [0.4, 0.5) is 0 Å². The van der Waals surface area contributed by atoms with Crippen molar-refractivity contribution in [2.45, 2.75) is 6.42 Å². The van der Waals surface area contributed by atoms with Gasteiger partial charge in [0.1, 0.15) is 0 Å². The van der Waals surface area contributed by atoms with E-state index in [4.69, 9.17) is 15.2 Å². The van der Waals surface area contributed by atoms with Gasteiger partial charge in [-0.15, -0.1) is 0 Å². The lowest BCUT2D eigenvalue weighted by Crippen LogP contribution is -2.02. The maximum atomic E-state index is 5.51. The first-order valence-electron chi connectivity index (χ1n) is 5.75. The monoisotopic (exact) mass is 247 g/mol. The van der Waals surface area contributed by atoms with Crippen molar-refractivity contribution in [2.24, 2.45) is 5.73 Å². The molecule has 0 saturated carbocycles. The topological polar surface area (TPSA) is 73.2 Å². The summed E-state index contributed by atoms with van der Waals surface area (Å²) in [5, 5.41) is 7.23. The summed E-state index contributed by atoms with van der Waals surface area (Å²) in [5.41, 5.74) is 8.39. The van der Waals surface area contributed by atoms with Crippen LogP contribution in [-0.4, -0.2) is 31.0 Å². The second kappa shape index (κ2) is 5.55. The number of ether oxygens (including phenoxy) is 2. The number of hydrogen-bond acceptors (Lipinski definition) is 4. The lowest BCUT2D eigenvalue weighted by atomic mass is 10.1. The Bertz CT molecular complexity index is 523. The third kappa shape index (κ3) is 2.46. The van der Waals surface area contributed by atoms with Crippen LogP contribution in [0.3, 0.4) is 0 Å². The second-order valence-electron chi connectivity index (χ2n) is 3.89. The van der Waals surface area contributed by atoms with Gasteiger partial charge >= 0.3 is 0 Å². The molecular formula is C13H17N3O2. The molecule has 0 saturated heterocycles. The van der Waals surface area contributed by atoms with Gasteiger partial charge < -0.3 is 15.2 Å². The number of H-pyrrole nitrogens is 1. The molecule has 0 aliphatic rings. The quantitative estimate of drug-likeness (QED) is 0.841. The van der Waals surface area contributed by atoms with Gasteiger partial charge in [0.15, 0.2) is 11.5 Å². The summed E-state index contributed by atoms with van der Waals surface area (Å²) in [5.74, 6) is 1.40. The third-order valence-corrected chi connectivity index (χ3v) is 2.72. The van der Waals surface area contributed by atoms with E-state index in [0.717, 1.165) is 23.4 Å². The predicted octanol–water partition coefficient (Wildman–Crippen LogP) is 1.60. The van der Waals surface area contributed by atoms with Gasteiger partial charge in [-0.2, -0.15) is 5.10 Å². The van der Waals surface area contributed by atoms with Crippen molar-refractivity contribution in [3.63, 3.8) is 0 Å². The molecule has 3 N–H and O–H groups in total. The lowest BCUT2D eigenvalue weighted by molar-refractivity contribution is 0.355. The van der Waals surface area contributed by atoms with Gasteiger partial charge in [0.25, 0.3) is 0 Å². The molecule has 18 heavy (non-hydrogen) atoms. The highest BCUT2D eigenvalue weighted by atomic mass is 16.5. The van der Waals surface area contributed by atoms with Gasteiger partial charge in [0.2, 0.25) is 0 Å². The first-order valence-corrected chi connectivity index (χ1v) is 5.75. The Morgan fingerprint density at radius 1 is 1.17 bits per heavy atom. The Morgan fingerprint density at radius 3 is 2.61 bits per heavy atom. The van der Waals surface area contributed by atoms with Crippen molar-refractivity contribution in [3.8, 4) is 22.8 Å². The molecule has 5 nitrogen and oxygen atoms in total. The van der Waals surface area contributed by atoms with E-state index < -0.39 is 0 Å². The zero-order valence-corrected chi connectivity index (χ0v) is 10.6. The van der Waals surface area contributed by atoms with Crippen LogP contribution in [0.15, 0.2) is 24.3 Å². The van der Waals surface area contributed by atoms with Crippen LogP contribution in [0.2, 0.25) is 0 Å². The summed E-state index contributed by atoms with van der Waals surface area (Å²) in [4.78, 5) is 0. The molecule has 2 aromatic rings. The summed E-state index contributed by atoms with van der Waals surface area (Å²) in [6.45, 7) is 0.605. The molecule has 0 amide bonds. The largest absolute Gasteiger partial charge is 0.493 e. The zero-order valence-electron chi connectivity index (χ0n) is 10.6. The van der Waals surface area contributed by atoms with Crippen molar-refractivity contribution in [3.05, 3.63) is 30.0 Å². The molecule has 1 aromatic carbocycles. The minimum absolute atomic E-state index is 0.605. The first-order chi connectivity index (χ1) is 8.78. The number of benzene rings is 1. The van der Waals surface area contributed by atoms with E-state index in [0.29, 0.717) is 18.0 Å². The van der Waals surface area contributed by atoms with Crippen LogP contribution in [0, 0.1) is 0 Å². The molecule has 96 valence electrons. The predicted molar refractivity (Wildman–Crippen MR) is 69.9 cm³/mol. The van der Waals surface area contributed by atoms with Gasteiger partial charge in [-0.25, -0.2) is 0 Å². The minimum atomic E-state index is 0.605. The number of nitrogens with two attached hydrogens (primary N) is 1. The van der Waals surface area contributed by atoms with E-state index >= 15 is 0 Å². The SMILES string of the molecule is COc1ccc(-c2cc(CCN)[nH]n2)cc1OC. The maximum Gasteiger partial charge on any atom is 0.161 e. The number of rotatable bonds is 5. The molecule has 1 heterocycles. The fourth-order valence-electron chi connectivity index (χ4n) is 1.79. The molecule has 0 aliphatic carbocycles. The molecule has 0 unspecified atom stereocenters. The number of methoxy groups -OCH3 is 2. The highest BCUT2D eigenvalue weighted by Gasteiger charge is 2.08. The smallest absolute Gasteiger partial charge is 0.161 e. The standard InChI is InChI=1S/C13H17N3O2/c1-17-12-4-3-9(7-13(12)18-2)11-8-10(5-6-14)15-16-11/h3-4,7-8H,5-6,14H2,1-2H3,(H,15,16). The van der Waals surface area contributed by atoms with Crippen molar-refractivity contribution < 1.29 is 9.47 Å². The molecule has 0 atom stereocenters. The average molecular weight is 247 g/mol. The number of aromatic nitrogens is 2. The van der Waals surface area contributed by atoms with E-state index in [1.807, 2.05) is 24.3 Å². The van der Waals surface area contributed by atoms with Gasteiger partial charge in [0, 0.05) is 17.7 Å². The highest BCUT2D eigenvalue weighted by molar-refractivity contribution is 5.64. The molecule has 0 aliphatic heterocycles. The summed E-state index contributed by atoms with van der Waals surface area (Å²) < 4.78 is 10.5. The van der Waals surface area contributed by atoms with E-state index in [1.165, 1.54) is 0 Å². The van der Waals surface area contributed by atoms with E-state index in [9.17, 15) is 0 Å². The molecule has 5 heteroatoms. The maximum absolute atomic E-state index is 5.51. The molecular weight excluding hydrogens is 230 g/mol. The van der Waals surface area contributed by atoms with E-state index in [-0.39, 0.29) is 0 Å². The Balaban J connectivity index is 2.31. The minimum Gasteiger partial charge on any atom is -0.493 e. The Labute approximate surface area is 106 Å². The van der Waals surface area contributed by atoms with Crippen LogP contribution in [-0.2, 0) is 6.42 Å². The van der Waals surface area contributed by atoms with E-state index in [2.05, 4.69) is 10.2 Å². The molecule has 2 rings (SSSR count). The first kappa shape index (κ1) is 12.4. The number of hydrogen-bond donors (Lipinski definition) is 2. The normalized spacial score (nSPS) is 10.4. The fourth-order valence-corrected chi connectivity index (χ4v) is 1.79. The van der Waals surface area contributed by atoms with Crippen molar-refractivity contribution in [2.75, 3.05) is 20.8 Å². The summed E-state index contributed by atoms with van der Waals surface area (Å²) in [6.07, 6.45) is 0.792. The summed E-state index contributed by atoms with van der Waals surface area (Å²) in [6, 6.07) is 7.71. The molecule has 0 bridgehead atoms. The Kier molecular flexibility index (Phi) is 3.84. The van der Waals surface area contributed by atoms with E-state index in [1.54, 1.807) is 14.2 Å². The van der Waals surface area contributed by atoms with Gasteiger partial charge in [0.05, 0.1) is 19.9 Å². The van der Waals surface area contributed by atoms with Crippen LogP contribution in [0.25, 0.3) is 11.3 Å². The zero-order chi connectivity index (χ0) is 13.0. The van der Waals surface area contributed by atoms with Crippen LogP contribution in [0.1, 0.15) is 5.69 Å². The number of aromatic amines is 1. The van der Waals surface area contributed by atoms with Crippen molar-refractivity contribution >= 4 is 0 Å². The Hall–Kier alpha value is -2.01. The van der Waals surface area contributed by atoms with Crippen LogP contribution >= 0.6 is 0 Å². The molecule has 1 aromatic heterocycles. The second-order valence-corrected chi connectivity index (χ2v) is 3.89. The van der Waals surface area contributed by atoms with Gasteiger partial charge in [-0.1, -0.05) is 0 Å². The summed E-state index contributed by atoms with van der Waals surface area (Å²) >= 11 is 0. The fraction of sp³-hybridized carbons (Fsp3) is 0.308. The Morgan fingerprint density at radius 2 is 1.94 bits per heavy atom. The van der Waals surface area contributed by atoms with Gasteiger partial charge in [-0.05, 0) is 30.8 Å². The summed E-state index contributed by atoms with van der Waals surface area (Å²) in [7, 11) is 3.23. The highest BCUT2D eigenvalue weighted by Crippen LogP contribution is 2.31. The van der Waals surface area contributed by atoms with Crippen molar-refractivity contribution in [1.82, 2.24) is 10.2 Å². The molecule has 0 fully saturated rings. The molecule has 0 radical (unpaired) electrons. The number of nitrogens with one attached hydrogen (secondary N) is 1. The van der Waals surface area contributed by atoms with Crippen LogP contribution < -0.4 is 15.2 Å². The lowest BCUT2D eigenvalue weighted by Gasteiger charge is -2.08. The van der Waals surface area contributed by atoms with Crippen molar-refractivity contribution in [1.29, 1.82) is 0 Å². The average Bonchev–Trinajstić information content (AvgIpc) is 2.87. The number of nitrogens with zero attached hydrogens (tertiary/aromatic N) is 1. The third-order valence-electron chi connectivity index (χ3n) is 2.72. The van der Waals surface area contributed by atoms with Crippen LogP contribution in [0.5, 0.6) is 11.5 Å².